The monoisotopic (exact) mass is 253 g/mol. The highest BCUT2D eigenvalue weighted by Crippen LogP contribution is 2.35. The Bertz CT molecular complexity index is 573. The molecule has 1 nitrogen and oxygen atoms in total. The zero-order valence-corrected chi connectivity index (χ0v) is 10.3. The molecular formula is C14H14F3N. The zero-order chi connectivity index (χ0) is 13.3. The number of aryl methyl sites for hydroxylation is 1. The first-order valence-electron chi connectivity index (χ1n) is 5.96. The first kappa shape index (κ1) is 12.9. The van der Waals surface area contributed by atoms with Gasteiger partial charge in [0.1, 0.15) is 5.69 Å². The number of nitrogens with zero attached hydrogens (tertiary/aromatic N) is 1. The molecule has 0 radical (unpaired) electrons. The first-order chi connectivity index (χ1) is 8.49. The molecule has 0 fully saturated rings. The molecule has 1 aromatic carbocycles. The van der Waals surface area contributed by atoms with E-state index in [-0.39, 0.29) is 0 Å². The number of pyridine rings is 1. The molecule has 18 heavy (non-hydrogen) atoms. The number of fused-ring (bicyclic) bond motifs is 1. The lowest BCUT2D eigenvalue weighted by Crippen LogP contribution is -2.14. The average Bonchev–Trinajstić information content (AvgIpc) is 2.35. The van der Waals surface area contributed by atoms with E-state index in [0.29, 0.717) is 23.9 Å². The van der Waals surface area contributed by atoms with Crippen molar-refractivity contribution in [2.45, 2.75) is 32.9 Å². The molecule has 0 atom stereocenters. The minimum Gasteiger partial charge on any atom is -0.243 e. The summed E-state index contributed by atoms with van der Waals surface area (Å²) in [6, 6.07) is 7.00. The maximum atomic E-state index is 13.0. The fourth-order valence-electron chi connectivity index (χ4n) is 2.34. The minimum atomic E-state index is -4.39. The van der Waals surface area contributed by atoms with Gasteiger partial charge in [-0.3, -0.25) is 0 Å². The fourth-order valence-corrected chi connectivity index (χ4v) is 2.34. The lowest BCUT2D eigenvalue weighted by atomic mass is 9.96. The van der Waals surface area contributed by atoms with Gasteiger partial charge in [0.2, 0.25) is 0 Å². The predicted octanol–water partition coefficient (Wildman–Crippen LogP) is 4.38. The van der Waals surface area contributed by atoms with Crippen molar-refractivity contribution in [2.24, 2.45) is 0 Å². The molecule has 0 unspecified atom stereocenters. The van der Waals surface area contributed by atoms with E-state index in [0.717, 1.165) is 10.9 Å². The summed E-state index contributed by atoms with van der Waals surface area (Å²) in [7, 11) is 0. The largest absolute Gasteiger partial charge is 0.433 e. The maximum absolute atomic E-state index is 13.0. The quantitative estimate of drug-likeness (QED) is 0.774. The van der Waals surface area contributed by atoms with Crippen LogP contribution in [0, 0.1) is 0 Å². The van der Waals surface area contributed by atoms with Crippen molar-refractivity contribution in [3.63, 3.8) is 0 Å². The van der Waals surface area contributed by atoms with Gasteiger partial charge in [-0.05, 0) is 30.0 Å². The number of hydrogen-bond donors (Lipinski definition) is 0. The summed E-state index contributed by atoms with van der Waals surface area (Å²) in [6.07, 6.45) is -3.47. The van der Waals surface area contributed by atoms with Crippen LogP contribution < -0.4 is 0 Å². The van der Waals surface area contributed by atoms with Crippen LogP contribution in [0.2, 0.25) is 0 Å². The molecule has 0 N–H and O–H groups in total. The standard InChI is InChI=1S/C14H14F3N/c1-3-9-10(4-2)13(14(15,16)17)18-12-8-6-5-7-11(9)12/h5-8H,3-4H2,1-2H3. The summed E-state index contributed by atoms with van der Waals surface area (Å²) in [5, 5.41) is 0.824. The third kappa shape index (κ3) is 2.07. The molecule has 1 aromatic heterocycles. The van der Waals surface area contributed by atoms with Gasteiger partial charge in [-0.15, -0.1) is 0 Å². The van der Waals surface area contributed by atoms with Crippen molar-refractivity contribution in [3.8, 4) is 0 Å². The number of alkyl halides is 3. The third-order valence-corrected chi connectivity index (χ3v) is 3.09. The van der Waals surface area contributed by atoms with Crippen LogP contribution in [-0.2, 0) is 19.0 Å². The molecule has 96 valence electrons. The minimum absolute atomic E-state index is 0.323. The van der Waals surface area contributed by atoms with Gasteiger partial charge in [0.05, 0.1) is 5.52 Å². The highest BCUT2D eigenvalue weighted by atomic mass is 19.4. The number of aromatic nitrogens is 1. The van der Waals surface area contributed by atoms with E-state index in [9.17, 15) is 13.2 Å². The fraction of sp³-hybridized carbons (Fsp3) is 0.357. The Labute approximate surface area is 104 Å². The second kappa shape index (κ2) is 4.59. The van der Waals surface area contributed by atoms with Crippen molar-refractivity contribution in [2.75, 3.05) is 0 Å². The molecule has 0 aliphatic heterocycles. The Kier molecular flexibility index (Phi) is 3.28. The van der Waals surface area contributed by atoms with E-state index < -0.39 is 11.9 Å². The summed E-state index contributed by atoms with van der Waals surface area (Å²) in [4.78, 5) is 3.80. The average molecular weight is 253 g/mol. The van der Waals surface area contributed by atoms with Crippen LogP contribution in [0.1, 0.15) is 30.7 Å². The van der Waals surface area contributed by atoms with Crippen molar-refractivity contribution < 1.29 is 13.2 Å². The second-order valence-corrected chi connectivity index (χ2v) is 4.14. The van der Waals surface area contributed by atoms with Crippen LogP contribution in [0.15, 0.2) is 24.3 Å². The van der Waals surface area contributed by atoms with E-state index in [1.165, 1.54) is 0 Å². The lowest BCUT2D eigenvalue weighted by Gasteiger charge is -2.16. The van der Waals surface area contributed by atoms with E-state index >= 15 is 0 Å². The Morgan fingerprint density at radius 1 is 1.00 bits per heavy atom. The first-order valence-corrected chi connectivity index (χ1v) is 5.96. The van der Waals surface area contributed by atoms with E-state index in [1.54, 1.807) is 19.1 Å². The van der Waals surface area contributed by atoms with Crippen molar-refractivity contribution in [1.29, 1.82) is 0 Å². The molecule has 0 amide bonds. The number of para-hydroxylation sites is 1. The molecule has 2 aromatic rings. The number of hydrogen-bond acceptors (Lipinski definition) is 1. The summed E-state index contributed by atoms with van der Waals surface area (Å²) in [6.45, 7) is 3.61. The van der Waals surface area contributed by atoms with Gasteiger partial charge in [-0.1, -0.05) is 32.0 Å². The summed E-state index contributed by atoms with van der Waals surface area (Å²) >= 11 is 0. The van der Waals surface area contributed by atoms with Gasteiger partial charge >= 0.3 is 6.18 Å². The normalized spacial score (nSPS) is 12.1. The molecule has 0 saturated heterocycles. The van der Waals surface area contributed by atoms with Gasteiger partial charge in [0.25, 0.3) is 0 Å². The molecule has 4 heteroatoms. The number of rotatable bonds is 2. The predicted molar refractivity (Wildman–Crippen MR) is 65.5 cm³/mol. The Hall–Kier alpha value is -1.58. The molecule has 0 aliphatic rings. The molecule has 0 bridgehead atoms. The summed E-state index contributed by atoms with van der Waals surface area (Å²) in [5.74, 6) is 0. The molecule has 0 spiro atoms. The third-order valence-electron chi connectivity index (χ3n) is 3.09. The van der Waals surface area contributed by atoms with Gasteiger partial charge < -0.3 is 0 Å². The van der Waals surface area contributed by atoms with Gasteiger partial charge in [0, 0.05) is 5.39 Å². The zero-order valence-electron chi connectivity index (χ0n) is 10.3. The summed E-state index contributed by atoms with van der Waals surface area (Å²) in [5.41, 5.74) is 0.763. The highest BCUT2D eigenvalue weighted by molar-refractivity contribution is 5.83. The van der Waals surface area contributed by atoms with E-state index in [4.69, 9.17) is 0 Å². The van der Waals surface area contributed by atoms with E-state index in [1.807, 2.05) is 19.1 Å². The van der Waals surface area contributed by atoms with Crippen LogP contribution in [-0.4, -0.2) is 4.98 Å². The van der Waals surface area contributed by atoms with Crippen molar-refractivity contribution in [1.82, 2.24) is 4.98 Å². The lowest BCUT2D eigenvalue weighted by molar-refractivity contribution is -0.141. The van der Waals surface area contributed by atoms with Crippen LogP contribution in [0.4, 0.5) is 13.2 Å². The smallest absolute Gasteiger partial charge is 0.243 e. The van der Waals surface area contributed by atoms with Gasteiger partial charge in [-0.25, -0.2) is 4.98 Å². The molecular weight excluding hydrogens is 239 g/mol. The van der Waals surface area contributed by atoms with Crippen molar-refractivity contribution >= 4 is 10.9 Å². The second-order valence-electron chi connectivity index (χ2n) is 4.14. The Balaban J connectivity index is 2.87. The number of benzene rings is 1. The van der Waals surface area contributed by atoms with Crippen LogP contribution in [0.25, 0.3) is 10.9 Å². The number of halogens is 3. The molecule has 2 rings (SSSR count). The molecule has 0 saturated carbocycles. The maximum Gasteiger partial charge on any atom is 0.433 e. The SMILES string of the molecule is CCc1c(C(F)(F)F)nc2ccccc2c1CC. The van der Waals surface area contributed by atoms with Crippen LogP contribution in [0.5, 0.6) is 0 Å². The Morgan fingerprint density at radius 2 is 1.61 bits per heavy atom. The van der Waals surface area contributed by atoms with E-state index in [2.05, 4.69) is 4.98 Å². The highest BCUT2D eigenvalue weighted by Gasteiger charge is 2.36. The molecule has 1 heterocycles. The van der Waals surface area contributed by atoms with Crippen LogP contribution in [0.3, 0.4) is 0 Å². The summed E-state index contributed by atoms with van der Waals surface area (Å²) < 4.78 is 39.1. The molecule has 0 aliphatic carbocycles. The van der Waals surface area contributed by atoms with Gasteiger partial charge in [0.15, 0.2) is 0 Å². The Morgan fingerprint density at radius 3 is 2.17 bits per heavy atom. The van der Waals surface area contributed by atoms with Gasteiger partial charge in [-0.2, -0.15) is 13.2 Å². The van der Waals surface area contributed by atoms with Crippen molar-refractivity contribution in [3.05, 3.63) is 41.1 Å². The topological polar surface area (TPSA) is 12.9 Å². The van der Waals surface area contributed by atoms with Crippen LogP contribution >= 0.6 is 0 Å².